The molecule has 0 bridgehead atoms. The van der Waals surface area contributed by atoms with Crippen LogP contribution in [0.1, 0.15) is 13.3 Å². The molecule has 0 spiro atoms. The predicted molar refractivity (Wildman–Crippen MR) is 49.5 cm³/mol. The largest absolute Gasteiger partial charge is 0.231 e. The van der Waals surface area contributed by atoms with Crippen molar-refractivity contribution >= 4 is 18.2 Å². The molecule has 0 aromatic carbocycles. The smallest absolute Gasteiger partial charge is 0.222 e. The molecule has 0 radical (unpaired) electrons. The van der Waals surface area contributed by atoms with Crippen molar-refractivity contribution in [2.45, 2.75) is 13.3 Å². The normalized spacial score (nSPS) is 4.33. The Morgan fingerprint density at radius 1 is 1.13 bits per heavy atom. The van der Waals surface area contributed by atoms with Gasteiger partial charge in [0.15, 0.2) is 0 Å². The van der Waals surface area contributed by atoms with Gasteiger partial charge in [0.1, 0.15) is 0 Å². The average Bonchev–Trinajstić information content (AvgIpc) is 2.18. The van der Waals surface area contributed by atoms with Gasteiger partial charge in [-0.2, -0.15) is 0 Å². The van der Waals surface area contributed by atoms with Crippen molar-refractivity contribution in [2.75, 3.05) is 6.54 Å². The number of isocyanates is 3. The summed E-state index contributed by atoms with van der Waals surface area (Å²) in [5.74, 6) is 0. The minimum Gasteiger partial charge on any atom is -0.222 e. The maximum atomic E-state index is 8.35. The van der Waals surface area contributed by atoms with Gasteiger partial charge in [0.25, 0.3) is 0 Å². The van der Waals surface area contributed by atoms with E-state index in [1.807, 2.05) is 6.92 Å². The van der Waals surface area contributed by atoms with Gasteiger partial charge in [-0.25, -0.2) is 30.6 Å². The molecule has 15 heavy (non-hydrogen) atoms. The first-order chi connectivity index (χ1) is 7.16. The molecule has 9 heteroatoms. The first-order valence-electron chi connectivity index (χ1n) is 3.29. The Hall–Kier alpha value is -2.55. The first kappa shape index (κ1) is 22.9. The number of carbonyl (C=O) groups excluding carboxylic acids is 3. The third-order valence-electron chi connectivity index (χ3n) is 0.387. The molecule has 0 heterocycles. The molecule has 0 aromatic rings. The van der Waals surface area contributed by atoms with E-state index >= 15 is 0 Å². The number of nitrogens with one attached hydrogen (secondary N) is 3. The van der Waals surface area contributed by atoms with Crippen molar-refractivity contribution in [1.82, 2.24) is 0 Å². The molecular formula is C6H10N6O3. The van der Waals surface area contributed by atoms with E-state index in [1.165, 1.54) is 0 Å². The molecular weight excluding hydrogens is 204 g/mol. The van der Waals surface area contributed by atoms with Crippen molar-refractivity contribution in [3.63, 3.8) is 0 Å². The zero-order valence-electron chi connectivity index (χ0n) is 7.98. The highest BCUT2D eigenvalue weighted by atomic mass is 16.1. The van der Waals surface area contributed by atoms with Crippen molar-refractivity contribution in [3.05, 3.63) is 10.4 Å². The van der Waals surface area contributed by atoms with Crippen LogP contribution in [0.3, 0.4) is 0 Å². The van der Waals surface area contributed by atoms with E-state index in [1.54, 1.807) is 0 Å². The average molecular weight is 214 g/mol. The third kappa shape index (κ3) is 5050. The Bertz CT molecular complexity index is 224. The Morgan fingerprint density at radius 3 is 1.47 bits per heavy atom. The summed E-state index contributed by atoms with van der Waals surface area (Å²) in [6.45, 7) is 2.59. The summed E-state index contributed by atoms with van der Waals surface area (Å²) in [6.07, 6.45) is 3.18. The number of rotatable bonds is 2. The Labute approximate surface area is 85.3 Å². The van der Waals surface area contributed by atoms with Crippen molar-refractivity contribution in [3.8, 4) is 0 Å². The zero-order valence-corrected chi connectivity index (χ0v) is 7.98. The van der Waals surface area contributed by atoms with Crippen LogP contribution in [0.2, 0.25) is 0 Å². The molecule has 82 valence electrons. The van der Waals surface area contributed by atoms with Crippen LogP contribution in [-0.4, -0.2) is 24.8 Å². The van der Waals surface area contributed by atoms with E-state index in [2.05, 4.69) is 10.0 Å². The van der Waals surface area contributed by atoms with Gasteiger partial charge in [0.05, 0.1) is 0 Å². The summed E-state index contributed by atoms with van der Waals surface area (Å²) in [5.41, 5.74) is 7.66. The van der Waals surface area contributed by atoms with Gasteiger partial charge in [-0.05, 0) is 5.53 Å². The quantitative estimate of drug-likeness (QED) is 0.207. The van der Waals surface area contributed by atoms with Crippen LogP contribution < -0.4 is 0 Å². The maximum absolute atomic E-state index is 8.35. The summed E-state index contributed by atoms with van der Waals surface area (Å²) in [6, 6.07) is 0. The number of hydrogen-bond acceptors (Lipinski definition) is 7. The summed E-state index contributed by atoms with van der Waals surface area (Å²) in [5, 5.41) is 19.5. The van der Waals surface area contributed by atoms with Crippen LogP contribution in [0.15, 0.2) is 5.11 Å². The number of nitrogens with zero attached hydrogens (tertiary/aromatic N) is 3. The topological polar surface area (TPSA) is 172 Å². The maximum Gasteiger partial charge on any atom is 0.231 e. The Morgan fingerprint density at radius 2 is 1.40 bits per heavy atom. The summed E-state index contributed by atoms with van der Waals surface area (Å²) >= 11 is 0. The van der Waals surface area contributed by atoms with Gasteiger partial charge in [-0.15, -0.1) is 0 Å². The van der Waals surface area contributed by atoms with E-state index in [4.69, 9.17) is 36.1 Å². The van der Waals surface area contributed by atoms with Crippen LogP contribution >= 0.6 is 0 Å². The molecule has 0 aliphatic carbocycles. The van der Waals surface area contributed by atoms with Gasteiger partial charge in [-0.1, -0.05) is 18.5 Å². The molecule has 0 aliphatic rings. The SMILES string of the molecule is CCCN=[N+]=[N-].N=C=O.N=C=O.N=C=O. The molecule has 0 aliphatic heterocycles. The molecule has 0 rings (SSSR count). The number of hydrogen-bond donors (Lipinski definition) is 3. The van der Waals surface area contributed by atoms with Crippen LogP contribution in [0.5, 0.6) is 0 Å². The van der Waals surface area contributed by atoms with E-state index in [0.717, 1.165) is 24.7 Å². The second kappa shape index (κ2) is 63.1. The van der Waals surface area contributed by atoms with Gasteiger partial charge < -0.3 is 0 Å². The Balaban J connectivity index is -0.0000000581. The lowest BCUT2D eigenvalue weighted by atomic mass is 10.5. The predicted octanol–water partition coefficient (Wildman–Crippen LogP) is 1.41. The molecule has 0 unspecified atom stereocenters. The third-order valence-corrected chi connectivity index (χ3v) is 0.387. The van der Waals surface area contributed by atoms with Gasteiger partial charge in [-0.3, -0.25) is 0 Å². The van der Waals surface area contributed by atoms with E-state index in [0.29, 0.717) is 6.54 Å². The highest BCUT2D eigenvalue weighted by Crippen LogP contribution is 1.74. The fourth-order valence-corrected chi connectivity index (χ4v) is 0.145. The molecule has 3 N–H and O–H groups in total. The summed E-state index contributed by atoms with van der Waals surface area (Å²) in [7, 11) is 0. The van der Waals surface area contributed by atoms with E-state index in [9.17, 15) is 0 Å². The highest BCUT2D eigenvalue weighted by Gasteiger charge is 1.65. The number of azide groups is 1. The fourth-order valence-electron chi connectivity index (χ4n) is 0.145. The van der Waals surface area contributed by atoms with E-state index < -0.39 is 0 Å². The second-order valence-corrected chi connectivity index (χ2v) is 1.26. The first-order valence-corrected chi connectivity index (χ1v) is 3.29. The lowest BCUT2D eigenvalue weighted by Gasteiger charge is -1.71. The monoisotopic (exact) mass is 214 g/mol. The van der Waals surface area contributed by atoms with Gasteiger partial charge in [0, 0.05) is 11.5 Å². The summed E-state index contributed by atoms with van der Waals surface area (Å²) in [4.78, 5) is 27.6. The molecule has 0 saturated heterocycles. The second-order valence-electron chi connectivity index (χ2n) is 1.26. The van der Waals surface area contributed by atoms with Crippen molar-refractivity contribution in [1.29, 1.82) is 16.2 Å². The highest BCUT2D eigenvalue weighted by molar-refractivity contribution is 5.26. The molecule has 0 atom stereocenters. The molecule has 0 amide bonds. The minimum atomic E-state index is 0.622. The molecule has 0 fully saturated rings. The van der Waals surface area contributed by atoms with Crippen LogP contribution in [0, 0.1) is 16.2 Å². The van der Waals surface area contributed by atoms with Crippen molar-refractivity contribution in [2.24, 2.45) is 5.11 Å². The van der Waals surface area contributed by atoms with Crippen LogP contribution in [0.25, 0.3) is 10.4 Å². The fraction of sp³-hybridized carbons (Fsp3) is 0.500. The molecule has 0 saturated carbocycles. The minimum absolute atomic E-state index is 0.622. The van der Waals surface area contributed by atoms with Crippen molar-refractivity contribution < 1.29 is 14.4 Å². The summed E-state index contributed by atoms with van der Waals surface area (Å²) < 4.78 is 0. The van der Waals surface area contributed by atoms with Gasteiger partial charge in [0.2, 0.25) is 18.2 Å². The Kier molecular flexibility index (Phi) is 96.2. The zero-order chi connectivity index (χ0) is 12.9. The molecule has 9 nitrogen and oxygen atoms in total. The molecule has 0 aromatic heterocycles. The van der Waals surface area contributed by atoms with Crippen LogP contribution in [0.4, 0.5) is 0 Å². The van der Waals surface area contributed by atoms with Crippen LogP contribution in [-0.2, 0) is 14.4 Å². The lowest BCUT2D eigenvalue weighted by Crippen LogP contribution is -1.65. The lowest BCUT2D eigenvalue weighted by molar-refractivity contribution is 0.562. The van der Waals surface area contributed by atoms with E-state index in [-0.39, 0.29) is 0 Å². The van der Waals surface area contributed by atoms with Gasteiger partial charge >= 0.3 is 0 Å². The standard InChI is InChI=1S/C3H7N3.3CHNO/c1-2-3-5-6-4;3*2-1-3/h2-3H2,1H3;3*2H.